The monoisotopic (exact) mass is 1250 g/mol. The number of Topliss-reactive ketones (excluding diaryl/α,β-unsaturated/α-hetero) is 1. The average molecular weight is 1250 g/mol. The molecule has 1 aliphatic carbocycles. The van der Waals surface area contributed by atoms with Crippen molar-refractivity contribution in [1.82, 2.24) is 36.8 Å². The van der Waals surface area contributed by atoms with Gasteiger partial charge in [0, 0.05) is 25.9 Å². The van der Waals surface area contributed by atoms with Crippen molar-refractivity contribution in [2.75, 3.05) is 13.7 Å². The number of fused-ring (bicyclic) bond motifs is 16. The molecule has 8 amide bonds. The second-order valence-corrected chi connectivity index (χ2v) is 23.7. The van der Waals surface area contributed by atoms with Crippen molar-refractivity contribution in [1.29, 1.82) is 0 Å². The molecule has 0 unspecified atom stereocenters. The SMILES string of the molecule is C=CCOC(=O)N(C)[C@H](CC(C)C)C(=O)N[C@H]1C(=O)N[C@@H](CC(N)=O)C(=O)N[C@H]2C(=O)NCc3ccc4c(c3)-c3c(cc(C)cc3C4(C)C)[C@@H](C(C)=O)NC(=O)[C@@H](NC(C)=O)[C@H](O)c3ccc(c(Cl)c3)Oc3cc2cc(c3O)Oc2ccc(cc2Cl)[C@H]1O. The minimum absolute atomic E-state index is 0.0130. The van der Waals surface area contributed by atoms with E-state index in [0.29, 0.717) is 22.3 Å². The first-order valence-electron chi connectivity index (χ1n) is 28.0. The van der Waals surface area contributed by atoms with E-state index in [0.717, 1.165) is 34.6 Å². The number of nitrogens with zero attached hydrogens (tertiary/aromatic N) is 1. The molecule has 5 aromatic carbocycles. The van der Waals surface area contributed by atoms with Crippen LogP contribution in [-0.2, 0) is 55.1 Å². The van der Waals surface area contributed by atoms with Gasteiger partial charge in [-0.15, -0.1) is 0 Å². The predicted octanol–water partition coefficient (Wildman–Crippen LogP) is 6.23. The van der Waals surface area contributed by atoms with E-state index in [2.05, 4.69) is 38.5 Å². The molecule has 0 spiro atoms. The highest BCUT2D eigenvalue weighted by molar-refractivity contribution is 6.32. The molecule has 5 aliphatic rings. The number of hydrogen-bond donors (Lipinski definition) is 10. The van der Waals surface area contributed by atoms with Gasteiger partial charge < -0.3 is 67.2 Å². The number of aromatic hydroxyl groups is 1. The molecule has 25 heteroatoms. The lowest BCUT2D eigenvalue weighted by Gasteiger charge is -2.32. The summed E-state index contributed by atoms with van der Waals surface area (Å²) in [6.45, 7) is 14.9. The molecule has 0 saturated heterocycles. The summed E-state index contributed by atoms with van der Waals surface area (Å²) in [4.78, 5) is 127. The molecular formula is C63H68Cl2N8O15. The Balaban J connectivity index is 1.30. The molecule has 23 nitrogen and oxygen atoms in total. The summed E-state index contributed by atoms with van der Waals surface area (Å²) in [7, 11) is 1.30. The van der Waals surface area contributed by atoms with Crippen LogP contribution in [0.4, 0.5) is 4.79 Å². The maximum atomic E-state index is 15.2. The lowest BCUT2D eigenvalue weighted by Crippen LogP contribution is -2.59. The summed E-state index contributed by atoms with van der Waals surface area (Å²) in [5.41, 5.74) is 9.27. The highest BCUT2D eigenvalue weighted by Gasteiger charge is 2.42. The zero-order valence-corrected chi connectivity index (χ0v) is 50.8. The number of hydrogen-bond acceptors (Lipinski definition) is 15. The number of rotatable bonds is 11. The summed E-state index contributed by atoms with van der Waals surface area (Å²) in [5.74, 6) is -9.76. The number of amides is 8. The number of carbonyl (C=O) groups excluding carboxylic acids is 9. The van der Waals surface area contributed by atoms with Crippen molar-refractivity contribution < 1.29 is 72.7 Å². The van der Waals surface area contributed by atoms with E-state index in [1.165, 1.54) is 62.5 Å². The topological polar surface area (TPSA) is 343 Å². The number of ether oxygens (including phenoxy) is 3. The Morgan fingerprint density at radius 1 is 0.784 bits per heavy atom. The van der Waals surface area contributed by atoms with Crippen molar-refractivity contribution in [3.8, 4) is 39.9 Å². The van der Waals surface area contributed by atoms with Gasteiger partial charge in [-0.2, -0.15) is 0 Å². The van der Waals surface area contributed by atoms with Crippen molar-refractivity contribution in [3.05, 3.63) is 146 Å². The molecule has 5 aromatic rings. The maximum Gasteiger partial charge on any atom is 0.410 e. The molecule has 0 saturated carbocycles. The van der Waals surface area contributed by atoms with Crippen LogP contribution in [0.1, 0.15) is 123 Å². The fourth-order valence-corrected chi connectivity index (χ4v) is 11.4. The molecule has 0 aromatic heterocycles. The first-order valence-corrected chi connectivity index (χ1v) is 28.8. The molecule has 0 radical (unpaired) electrons. The largest absolute Gasteiger partial charge is 0.502 e. The minimum Gasteiger partial charge on any atom is -0.502 e. The number of primary amides is 1. The van der Waals surface area contributed by atoms with E-state index in [1.807, 2.05) is 32.9 Å². The molecule has 464 valence electrons. The van der Waals surface area contributed by atoms with E-state index in [-0.39, 0.29) is 63.7 Å². The number of nitrogens with one attached hydrogen (secondary N) is 6. The van der Waals surface area contributed by atoms with Gasteiger partial charge in [-0.1, -0.05) is 106 Å². The third kappa shape index (κ3) is 13.9. The number of aryl methyl sites for hydroxylation is 1. The summed E-state index contributed by atoms with van der Waals surface area (Å²) >= 11 is 13.7. The van der Waals surface area contributed by atoms with Crippen LogP contribution in [0.5, 0.6) is 28.7 Å². The van der Waals surface area contributed by atoms with Crippen LogP contribution in [0.25, 0.3) is 11.1 Å². The average Bonchev–Trinajstić information content (AvgIpc) is 2.45. The van der Waals surface area contributed by atoms with Crippen molar-refractivity contribution in [2.45, 2.75) is 122 Å². The lowest BCUT2D eigenvalue weighted by atomic mass is 9.81. The molecule has 0 fully saturated rings. The summed E-state index contributed by atoms with van der Waals surface area (Å²) in [6, 6.07) is 8.92. The molecule has 10 rings (SSSR count). The standard InChI is InChI=1S/C63H68Cl2N8O15/c1-10-17-86-62(85)73(9)43(18-28(2)3)58(81)72-53-55(78)34-13-16-45(41(65)23-34)88-47-25-35-24-46(56(47)79)87-44-15-12-33(22-40(44)64)54(77)52(68-31(6)75)61(84)70-50(30(5)74)37-19-29(4)20-39-49(37)36-21-32(11-14-38(36)63(39,7)8)27-67-59(82)51(35)71-57(80)42(26-48(66)76)69-60(53)83/h10-16,19-25,28,42-43,50-55,77-79H,1,17-18,26-27H2,2-9H3,(H2,66,76)(H,67,82)(H,68,75)(H,69,83)(H,70,84)(H,71,80)(H,72,81)/t42-,43+,50+,51+,52-,53+,54+,55+/m0/s1. The number of halogens is 2. The molecule has 4 heterocycles. The van der Waals surface area contributed by atoms with Crippen LogP contribution in [0.3, 0.4) is 0 Å². The Bertz CT molecular complexity index is 3690. The van der Waals surface area contributed by atoms with E-state index in [4.69, 9.17) is 43.1 Å². The number of aliphatic hydroxyl groups is 2. The first-order chi connectivity index (χ1) is 41.5. The molecule has 11 N–H and O–H groups in total. The van der Waals surface area contributed by atoms with Crippen LogP contribution < -0.4 is 47.1 Å². The van der Waals surface area contributed by atoms with Gasteiger partial charge >= 0.3 is 6.09 Å². The van der Waals surface area contributed by atoms with Gasteiger partial charge in [0.05, 0.1) is 16.5 Å². The number of ketones is 1. The molecule has 8 atom stereocenters. The summed E-state index contributed by atoms with van der Waals surface area (Å²) in [6.07, 6.45) is -4.25. The number of nitrogens with two attached hydrogens (primary N) is 1. The Kier molecular flexibility index (Phi) is 19.6. The smallest absolute Gasteiger partial charge is 0.410 e. The Morgan fingerprint density at radius 2 is 1.38 bits per heavy atom. The third-order valence-corrected chi connectivity index (χ3v) is 16.0. The van der Waals surface area contributed by atoms with Gasteiger partial charge in [0.15, 0.2) is 17.3 Å². The van der Waals surface area contributed by atoms with Crippen LogP contribution in [0.2, 0.25) is 10.0 Å². The second kappa shape index (κ2) is 26.5. The van der Waals surface area contributed by atoms with Gasteiger partial charge in [0.2, 0.25) is 47.1 Å². The lowest BCUT2D eigenvalue weighted by molar-refractivity contribution is -0.137. The van der Waals surface area contributed by atoms with E-state index < -0.39 is 131 Å². The van der Waals surface area contributed by atoms with Crippen LogP contribution in [0, 0.1) is 12.8 Å². The predicted molar refractivity (Wildman–Crippen MR) is 322 cm³/mol. The van der Waals surface area contributed by atoms with Gasteiger partial charge in [0.1, 0.15) is 66.6 Å². The highest BCUT2D eigenvalue weighted by Crippen LogP contribution is 2.52. The van der Waals surface area contributed by atoms with Crippen molar-refractivity contribution >= 4 is 76.4 Å². The van der Waals surface area contributed by atoms with Crippen molar-refractivity contribution in [3.63, 3.8) is 0 Å². The van der Waals surface area contributed by atoms with E-state index >= 15 is 4.79 Å². The summed E-state index contributed by atoms with van der Waals surface area (Å²) in [5, 5.41) is 51.3. The van der Waals surface area contributed by atoms with E-state index in [1.54, 1.807) is 32.0 Å². The third-order valence-electron chi connectivity index (χ3n) is 15.4. The quantitative estimate of drug-likeness (QED) is 0.0655. The number of phenolic OH excluding ortho intramolecular Hbond substituents is 1. The summed E-state index contributed by atoms with van der Waals surface area (Å²) < 4.78 is 17.7. The van der Waals surface area contributed by atoms with Crippen LogP contribution in [-0.4, -0.2) is 111 Å². The number of carbonyl (C=O) groups is 9. The molecule has 9 bridgehead atoms. The van der Waals surface area contributed by atoms with E-state index in [9.17, 15) is 53.7 Å². The fraction of sp³-hybridized carbons (Fsp3) is 0.349. The number of aliphatic hydroxyl groups excluding tert-OH is 2. The van der Waals surface area contributed by atoms with Gasteiger partial charge in [-0.25, -0.2) is 4.79 Å². The molecule has 4 aliphatic heterocycles. The Morgan fingerprint density at radius 3 is 1.92 bits per heavy atom. The second-order valence-electron chi connectivity index (χ2n) is 22.9. The Labute approximate surface area is 516 Å². The number of likely N-dealkylation sites (N-methyl/N-ethyl adjacent to an activating group) is 1. The Hall–Kier alpha value is -9.03. The zero-order valence-electron chi connectivity index (χ0n) is 49.3. The first kappa shape index (κ1) is 65.0. The molecule has 88 heavy (non-hydrogen) atoms. The highest BCUT2D eigenvalue weighted by atomic mass is 35.5. The zero-order chi connectivity index (χ0) is 64.4. The van der Waals surface area contributed by atoms with Gasteiger partial charge in [0.25, 0.3) is 0 Å². The fourth-order valence-electron chi connectivity index (χ4n) is 11.0. The van der Waals surface area contributed by atoms with Crippen molar-refractivity contribution in [2.24, 2.45) is 11.7 Å². The normalized spacial score (nSPS) is 20.9. The number of benzene rings is 5. The van der Waals surface area contributed by atoms with Crippen LogP contribution >= 0.6 is 23.2 Å². The minimum atomic E-state index is -2.00. The van der Waals surface area contributed by atoms with Gasteiger partial charge in [-0.05, 0) is 119 Å². The van der Waals surface area contributed by atoms with Gasteiger partial charge in [-0.3, -0.25) is 43.3 Å². The maximum absolute atomic E-state index is 15.2. The number of phenols is 1. The molecular weight excluding hydrogens is 1180 g/mol. The van der Waals surface area contributed by atoms with Crippen LogP contribution in [0.15, 0.2) is 91.5 Å².